The predicted octanol–water partition coefficient (Wildman–Crippen LogP) is 1.10. The van der Waals surface area contributed by atoms with E-state index in [9.17, 15) is 4.79 Å². The fourth-order valence-corrected chi connectivity index (χ4v) is 2.38. The van der Waals surface area contributed by atoms with Crippen LogP contribution in [0.2, 0.25) is 0 Å². The van der Waals surface area contributed by atoms with E-state index in [0.717, 1.165) is 19.4 Å². The van der Waals surface area contributed by atoms with Gasteiger partial charge in [-0.2, -0.15) is 0 Å². The number of methoxy groups -OCH3 is 1. The molecule has 2 fully saturated rings. The monoisotopic (exact) mass is 227 g/mol. The molecule has 1 aliphatic carbocycles. The van der Waals surface area contributed by atoms with Crippen molar-refractivity contribution in [2.75, 3.05) is 26.9 Å². The molecule has 1 heterocycles. The quantitative estimate of drug-likeness (QED) is 0.731. The van der Waals surface area contributed by atoms with Crippen LogP contribution < -0.4 is 5.32 Å². The lowest BCUT2D eigenvalue weighted by molar-refractivity contribution is -0.158. The summed E-state index contributed by atoms with van der Waals surface area (Å²) in [6.07, 6.45) is 5.35. The van der Waals surface area contributed by atoms with E-state index in [1.54, 1.807) is 0 Å². The van der Waals surface area contributed by atoms with Gasteiger partial charge in [0.05, 0.1) is 12.5 Å². The summed E-state index contributed by atoms with van der Waals surface area (Å²) in [5, 5.41) is 3.49. The first-order valence-corrected chi connectivity index (χ1v) is 6.16. The average Bonchev–Trinajstić information content (AvgIpc) is 2.27. The summed E-state index contributed by atoms with van der Waals surface area (Å²) in [4.78, 5) is 11.9. The van der Waals surface area contributed by atoms with E-state index in [2.05, 4.69) is 5.32 Å². The van der Waals surface area contributed by atoms with Crippen LogP contribution in [0.3, 0.4) is 0 Å². The Hall–Kier alpha value is -0.610. The maximum absolute atomic E-state index is 11.9. The van der Waals surface area contributed by atoms with Gasteiger partial charge in [-0.15, -0.1) is 0 Å². The maximum atomic E-state index is 11.9. The smallest absolute Gasteiger partial charge is 0.313 e. The van der Waals surface area contributed by atoms with Gasteiger partial charge in [-0.1, -0.05) is 6.42 Å². The molecule has 1 aliphatic heterocycles. The van der Waals surface area contributed by atoms with Crippen LogP contribution in [0.5, 0.6) is 0 Å². The number of nitrogens with one attached hydrogen (secondary N) is 1. The van der Waals surface area contributed by atoms with Gasteiger partial charge in [-0.25, -0.2) is 0 Å². The van der Waals surface area contributed by atoms with Crippen LogP contribution in [0.1, 0.15) is 32.1 Å². The minimum Gasteiger partial charge on any atom is -0.469 e. The summed E-state index contributed by atoms with van der Waals surface area (Å²) in [6, 6.07) is 0.615. The van der Waals surface area contributed by atoms with E-state index >= 15 is 0 Å². The molecular formula is C12H21NO3. The molecule has 0 spiro atoms. The molecule has 1 saturated carbocycles. The fraction of sp³-hybridized carbons (Fsp3) is 0.917. The van der Waals surface area contributed by atoms with Gasteiger partial charge >= 0.3 is 5.97 Å². The molecule has 1 N–H and O–H groups in total. The SMILES string of the molecule is COC(=O)C1(CNC2CCC2)CCOCC1. The Bertz CT molecular complexity index is 245. The summed E-state index contributed by atoms with van der Waals surface area (Å²) in [7, 11) is 1.48. The van der Waals surface area contributed by atoms with Gasteiger partial charge < -0.3 is 14.8 Å². The summed E-state index contributed by atoms with van der Waals surface area (Å²) >= 11 is 0. The van der Waals surface area contributed by atoms with Crippen LogP contribution in [0.15, 0.2) is 0 Å². The van der Waals surface area contributed by atoms with Crippen molar-refractivity contribution in [3.8, 4) is 0 Å². The summed E-state index contributed by atoms with van der Waals surface area (Å²) in [5.74, 6) is -0.0809. The lowest BCUT2D eigenvalue weighted by Crippen LogP contribution is -2.49. The highest BCUT2D eigenvalue weighted by molar-refractivity contribution is 5.77. The van der Waals surface area contributed by atoms with Crippen molar-refractivity contribution in [2.24, 2.45) is 5.41 Å². The number of rotatable bonds is 4. The molecule has 2 rings (SSSR count). The molecule has 92 valence electrons. The van der Waals surface area contributed by atoms with Crippen LogP contribution in [-0.2, 0) is 14.3 Å². The second kappa shape index (κ2) is 5.15. The molecule has 0 aromatic rings. The largest absolute Gasteiger partial charge is 0.469 e. The first-order valence-electron chi connectivity index (χ1n) is 6.16. The standard InChI is InChI=1S/C12H21NO3/c1-15-11(14)12(5-7-16-8-6-12)9-13-10-3-2-4-10/h10,13H,2-9H2,1H3. The third kappa shape index (κ3) is 2.38. The molecule has 0 bridgehead atoms. The van der Waals surface area contributed by atoms with Gasteiger partial charge in [0, 0.05) is 25.8 Å². The average molecular weight is 227 g/mol. The second-order valence-corrected chi connectivity index (χ2v) is 4.89. The van der Waals surface area contributed by atoms with Crippen molar-refractivity contribution in [3.05, 3.63) is 0 Å². The molecular weight excluding hydrogens is 206 g/mol. The second-order valence-electron chi connectivity index (χ2n) is 4.89. The molecule has 0 amide bonds. The normalized spacial score (nSPS) is 24.8. The number of esters is 1. The minimum atomic E-state index is -0.345. The Balaban J connectivity index is 1.92. The molecule has 4 heteroatoms. The van der Waals surface area contributed by atoms with E-state index in [0.29, 0.717) is 19.3 Å². The van der Waals surface area contributed by atoms with Crippen molar-refractivity contribution < 1.29 is 14.3 Å². The fourth-order valence-electron chi connectivity index (χ4n) is 2.38. The van der Waals surface area contributed by atoms with Gasteiger partial charge in [0.25, 0.3) is 0 Å². The zero-order chi connectivity index (χ0) is 11.4. The van der Waals surface area contributed by atoms with Crippen molar-refractivity contribution in [1.29, 1.82) is 0 Å². The van der Waals surface area contributed by atoms with Gasteiger partial charge in [-0.3, -0.25) is 4.79 Å². The molecule has 16 heavy (non-hydrogen) atoms. The van der Waals surface area contributed by atoms with E-state index < -0.39 is 0 Å². The molecule has 2 aliphatic rings. The lowest BCUT2D eigenvalue weighted by Gasteiger charge is -2.37. The zero-order valence-corrected chi connectivity index (χ0v) is 9.96. The van der Waals surface area contributed by atoms with Crippen LogP contribution in [-0.4, -0.2) is 38.9 Å². The predicted molar refractivity (Wildman–Crippen MR) is 60.1 cm³/mol. The maximum Gasteiger partial charge on any atom is 0.313 e. The Morgan fingerprint density at radius 3 is 2.62 bits per heavy atom. The minimum absolute atomic E-state index is 0.0809. The lowest BCUT2D eigenvalue weighted by atomic mass is 9.79. The topological polar surface area (TPSA) is 47.6 Å². The summed E-state index contributed by atoms with van der Waals surface area (Å²) < 4.78 is 10.3. The van der Waals surface area contributed by atoms with Gasteiger partial charge in [0.15, 0.2) is 0 Å². The van der Waals surface area contributed by atoms with Crippen molar-refractivity contribution in [2.45, 2.75) is 38.1 Å². The molecule has 0 unspecified atom stereocenters. The highest BCUT2D eigenvalue weighted by Crippen LogP contribution is 2.32. The Morgan fingerprint density at radius 1 is 1.44 bits per heavy atom. The van der Waals surface area contributed by atoms with Gasteiger partial charge in [-0.05, 0) is 25.7 Å². The van der Waals surface area contributed by atoms with Crippen LogP contribution in [0.4, 0.5) is 0 Å². The third-order valence-electron chi connectivity index (χ3n) is 3.90. The first kappa shape index (κ1) is 11.9. The molecule has 1 saturated heterocycles. The van der Waals surface area contributed by atoms with E-state index in [-0.39, 0.29) is 11.4 Å². The van der Waals surface area contributed by atoms with Gasteiger partial charge in [0.1, 0.15) is 0 Å². The van der Waals surface area contributed by atoms with Crippen LogP contribution >= 0.6 is 0 Å². The van der Waals surface area contributed by atoms with Crippen LogP contribution in [0.25, 0.3) is 0 Å². The van der Waals surface area contributed by atoms with Crippen molar-refractivity contribution in [3.63, 3.8) is 0 Å². The number of carbonyl (C=O) groups excluding carboxylic acids is 1. The van der Waals surface area contributed by atoms with E-state index in [4.69, 9.17) is 9.47 Å². The summed E-state index contributed by atoms with van der Waals surface area (Å²) in [5.41, 5.74) is -0.345. The summed E-state index contributed by atoms with van der Waals surface area (Å²) in [6.45, 7) is 2.08. The van der Waals surface area contributed by atoms with Crippen molar-refractivity contribution in [1.82, 2.24) is 5.32 Å². The number of carbonyl (C=O) groups is 1. The Kier molecular flexibility index (Phi) is 3.82. The Labute approximate surface area is 96.7 Å². The molecule has 0 radical (unpaired) electrons. The van der Waals surface area contributed by atoms with E-state index in [1.807, 2.05) is 0 Å². The molecule has 4 nitrogen and oxygen atoms in total. The van der Waals surface area contributed by atoms with Gasteiger partial charge in [0.2, 0.25) is 0 Å². The first-order chi connectivity index (χ1) is 7.77. The number of hydrogen-bond acceptors (Lipinski definition) is 4. The van der Waals surface area contributed by atoms with Crippen LogP contribution in [0, 0.1) is 5.41 Å². The molecule has 0 atom stereocenters. The number of hydrogen-bond donors (Lipinski definition) is 1. The number of ether oxygens (including phenoxy) is 2. The van der Waals surface area contributed by atoms with E-state index in [1.165, 1.54) is 26.4 Å². The molecule has 0 aromatic carbocycles. The highest BCUT2D eigenvalue weighted by Gasteiger charge is 2.41. The van der Waals surface area contributed by atoms with Crippen molar-refractivity contribution >= 4 is 5.97 Å². The zero-order valence-electron chi connectivity index (χ0n) is 9.96. The Morgan fingerprint density at radius 2 is 2.12 bits per heavy atom. The molecule has 0 aromatic heterocycles. The highest BCUT2D eigenvalue weighted by atomic mass is 16.5. The third-order valence-corrected chi connectivity index (χ3v) is 3.90.